The molecular formula is C16H17N3O3. The molecule has 0 radical (unpaired) electrons. The van der Waals surface area contributed by atoms with Gasteiger partial charge in [0.25, 0.3) is 5.56 Å². The number of hydrogen-bond acceptors (Lipinski definition) is 3. The maximum Gasteiger partial charge on any atom is 0.352 e. The predicted octanol–water partition coefficient (Wildman–Crippen LogP) is 2.31. The average Bonchev–Trinajstić information content (AvgIpc) is 2.78. The van der Waals surface area contributed by atoms with E-state index in [0.717, 1.165) is 5.69 Å². The monoisotopic (exact) mass is 299 g/mol. The van der Waals surface area contributed by atoms with Gasteiger partial charge in [0.2, 0.25) is 0 Å². The topological polar surface area (TPSA) is 76.6 Å². The molecule has 3 aromatic rings. The molecule has 22 heavy (non-hydrogen) atoms. The average molecular weight is 299 g/mol. The molecule has 0 aliphatic heterocycles. The molecule has 0 saturated heterocycles. The second-order valence-corrected chi connectivity index (χ2v) is 5.85. The van der Waals surface area contributed by atoms with Crippen LogP contribution in [0.1, 0.15) is 30.0 Å². The van der Waals surface area contributed by atoms with Crippen molar-refractivity contribution in [2.75, 3.05) is 0 Å². The minimum atomic E-state index is -1.05. The molecule has 0 bridgehead atoms. The van der Waals surface area contributed by atoms with Gasteiger partial charge in [-0.1, -0.05) is 19.9 Å². The van der Waals surface area contributed by atoms with E-state index in [9.17, 15) is 14.7 Å². The molecule has 6 nitrogen and oxygen atoms in total. The Balaban J connectivity index is 2.48. The van der Waals surface area contributed by atoms with Gasteiger partial charge in [-0.2, -0.15) is 0 Å². The molecule has 0 amide bonds. The first-order chi connectivity index (χ1) is 10.4. The number of carbonyl (C=O) groups is 1. The van der Waals surface area contributed by atoms with Crippen molar-refractivity contribution in [1.29, 1.82) is 0 Å². The lowest BCUT2D eigenvalue weighted by Crippen LogP contribution is -2.18. The second-order valence-electron chi connectivity index (χ2n) is 5.85. The molecule has 0 saturated carbocycles. The second kappa shape index (κ2) is 4.98. The lowest BCUT2D eigenvalue weighted by molar-refractivity contribution is 0.0685. The molecule has 3 aromatic heterocycles. The summed E-state index contributed by atoms with van der Waals surface area (Å²) in [5.74, 6) is -0.810. The number of carboxylic acids is 1. The molecule has 0 aromatic carbocycles. The highest BCUT2D eigenvalue weighted by Gasteiger charge is 2.19. The van der Waals surface area contributed by atoms with E-state index >= 15 is 0 Å². The molecule has 0 unspecified atom stereocenters. The molecule has 0 fully saturated rings. The van der Waals surface area contributed by atoms with Crippen LogP contribution in [0, 0.1) is 12.8 Å². The number of hydrogen-bond donors (Lipinski definition) is 1. The van der Waals surface area contributed by atoms with Crippen LogP contribution in [-0.2, 0) is 6.54 Å². The fourth-order valence-electron chi connectivity index (χ4n) is 2.73. The Bertz CT molecular complexity index is 951. The van der Waals surface area contributed by atoms with Gasteiger partial charge in [0.1, 0.15) is 17.0 Å². The van der Waals surface area contributed by atoms with E-state index in [0.29, 0.717) is 23.2 Å². The molecule has 3 rings (SSSR count). The number of aromatic nitrogens is 3. The van der Waals surface area contributed by atoms with Crippen molar-refractivity contribution in [3.05, 3.63) is 46.0 Å². The van der Waals surface area contributed by atoms with Crippen LogP contribution in [0.3, 0.4) is 0 Å². The first-order valence-electron chi connectivity index (χ1n) is 7.15. The van der Waals surface area contributed by atoms with Crippen LogP contribution in [0.5, 0.6) is 0 Å². The van der Waals surface area contributed by atoms with E-state index in [1.54, 1.807) is 10.6 Å². The highest BCUT2D eigenvalue weighted by molar-refractivity contribution is 5.93. The normalized spacial score (nSPS) is 11.6. The maximum absolute atomic E-state index is 12.7. The van der Waals surface area contributed by atoms with E-state index in [4.69, 9.17) is 0 Å². The number of aromatic carboxylic acids is 1. The Hall–Kier alpha value is -2.63. The summed E-state index contributed by atoms with van der Waals surface area (Å²) >= 11 is 0. The quantitative estimate of drug-likeness (QED) is 0.805. The van der Waals surface area contributed by atoms with Crippen LogP contribution in [0.25, 0.3) is 16.7 Å². The van der Waals surface area contributed by atoms with Gasteiger partial charge >= 0.3 is 5.97 Å². The Morgan fingerprint density at radius 1 is 1.36 bits per heavy atom. The van der Waals surface area contributed by atoms with Gasteiger partial charge in [-0.25, -0.2) is 9.78 Å². The summed E-state index contributed by atoms with van der Waals surface area (Å²) in [5, 5.41) is 9.74. The summed E-state index contributed by atoms with van der Waals surface area (Å²) in [7, 11) is 0. The molecule has 6 heteroatoms. The van der Waals surface area contributed by atoms with E-state index in [-0.39, 0.29) is 17.2 Å². The Morgan fingerprint density at radius 2 is 2.09 bits per heavy atom. The highest BCUT2D eigenvalue weighted by Crippen LogP contribution is 2.18. The van der Waals surface area contributed by atoms with Gasteiger partial charge < -0.3 is 9.67 Å². The zero-order chi connectivity index (χ0) is 16.0. The van der Waals surface area contributed by atoms with Gasteiger partial charge in [-0.05, 0) is 31.0 Å². The van der Waals surface area contributed by atoms with Crippen molar-refractivity contribution < 1.29 is 9.90 Å². The van der Waals surface area contributed by atoms with Crippen LogP contribution < -0.4 is 5.56 Å². The third-order valence-electron chi connectivity index (χ3n) is 3.65. The molecule has 0 atom stereocenters. The summed E-state index contributed by atoms with van der Waals surface area (Å²) in [6.07, 6.45) is 0. The van der Waals surface area contributed by atoms with Crippen molar-refractivity contribution in [2.45, 2.75) is 27.3 Å². The standard InChI is InChI=1S/C16H17N3O3/c1-9(2)8-18-12(16(21)22)7-11-14(18)17-13-6-4-5-10(3)19(13)15(11)20/h4-7,9H,8H2,1-3H3,(H,21,22). The van der Waals surface area contributed by atoms with Gasteiger partial charge in [0.15, 0.2) is 0 Å². The van der Waals surface area contributed by atoms with Crippen molar-refractivity contribution >= 4 is 22.6 Å². The number of aryl methyl sites for hydroxylation is 1. The largest absolute Gasteiger partial charge is 0.477 e. The van der Waals surface area contributed by atoms with Gasteiger partial charge in [0, 0.05) is 12.2 Å². The first-order valence-corrected chi connectivity index (χ1v) is 7.15. The summed E-state index contributed by atoms with van der Waals surface area (Å²) in [4.78, 5) is 28.7. The lowest BCUT2D eigenvalue weighted by Gasteiger charge is -2.11. The minimum absolute atomic E-state index is 0.0989. The Kier molecular flexibility index (Phi) is 3.24. The number of fused-ring (bicyclic) bond motifs is 2. The number of rotatable bonds is 3. The van der Waals surface area contributed by atoms with Crippen molar-refractivity contribution in [3.63, 3.8) is 0 Å². The van der Waals surface area contributed by atoms with Crippen LogP contribution in [0.15, 0.2) is 29.1 Å². The smallest absolute Gasteiger partial charge is 0.352 e. The van der Waals surface area contributed by atoms with Crippen molar-refractivity contribution in [3.8, 4) is 0 Å². The zero-order valence-corrected chi connectivity index (χ0v) is 12.7. The zero-order valence-electron chi connectivity index (χ0n) is 12.7. The lowest BCUT2D eigenvalue weighted by atomic mass is 10.2. The molecular weight excluding hydrogens is 282 g/mol. The third-order valence-corrected chi connectivity index (χ3v) is 3.65. The third kappa shape index (κ3) is 2.07. The molecule has 1 N–H and O–H groups in total. The SMILES string of the molecule is Cc1cccc2nc3c(cc(C(=O)O)n3CC(C)C)c(=O)n12. The fourth-order valence-corrected chi connectivity index (χ4v) is 2.73. The molecule has 114 valence electrons. The Labute approximate surface area is 126 Å². The maximum atomic E-state index is 12.7. The minimum Gasteiger partial charge on any atom is -0.477 e. The summed E-state index contributed by atoms with van der Waals surface area (Å²) in [6.45, 7) is 6.32. The summed E-state index contributed by atoms with van der Waals surface area (Å²) < 4.78 is 3.12. The van der Waals surface area contributed by atoms with Gasteiger partial charge in [-0.3, -0.25) is 9.20 Å². The van der Waals surface area contributed by atoms with E-state index < -0.39 is 5.97 Å². The fraction of sp³-hybridized carbons (Fsp3) is 0.312. The molecule has 0 aliphatic rings. The highest BCUT2D eigenvalue weighted by atomic mass is 16.4. The van der Waals surface area contributed by atoms with E-state index in [1.165, 1.54) is 10.5 Å². The van der Waals surface area contributed by atoms with Gasteiger partial charge in [-0.15, -0.1) is 0 Å². The number of nitrogens with zero attached hydrogens (tertiary/aromatic N) is 3. The number of pyridine rings is 1. The Morgan fingerprint density at radius 3 is 2.73 bits per heavy atom. The molecule has 0 aliphatic carbocycles. The van der Waals surface area contributed by atoms with Crippen LogP contribution in [0.2, 0.25) is 0 Å². The molecule has 0 spiro atoms. The van der Waals surface area contributed by atoms with Crippen LogP contribution >= 0.6 is 0 Å². The predicted molar refractivity (Wildman–Crippen MR) is 83.5 cm³/mol. The number of carboxylic acid groups (broad SMARTS) is 1. The summed E-state index contributed by atoms with van der Waals surface area (Å²) in [6, 6.07) is 6.83. The first kappa shape index (κ1) is 14.3. The van der Waals surface area contributed by atoms with E-state index in [1.807, 2.05) is 32.9 Å². The van der Waals surface area contributed by atoms with Crippen LogP contribution in [-0.4, -0.2) is 25.0 Å². The summed E-state index contributed by atoms with van der Waals surface area (Å²) in [5.41, 5.74) is 1.59. The van der Waals surface area contributed by atoms with Crippen LogP contribution in [0.4, 0.5) is 0 Å². The van der Waals surface area contributed by atoms with Crippen molar-refractivity contribution in [1.82, 2.24) is 14.0 Å². The van der Waals surface area contributed by atoms with Gasteiger partial charge in [0.05, 0.1) is 5.39 Å². The van der Waals surface area contributed by atoms with Crippen molar-refractivity contribution in [2.24, 2.45) is 5.92 Å². The van der Waals surface area contributed by atoms with E-state index in [2.05, 4.69) is 4.98 Å². The molecule has 3 heterocycles.